The first kappa shape index (κ1) is 14.7. The molecule has 3 heteroatoms. The Hall–Kier alpha value is 0.270. The van der Waals surface area contributed by atoms with Gasteiger partial charge in [-0.05, 0) is 51.7 Å². The van der Waals surface area contributed by atoms with Crippen LogP contribution in [-0.4, -0.2) is 47.6 Å². The zero-order chi connectivity index (χ0) is 13.1. The van der Waals surface area contributed by atoms with Gasteiger partial charge in [0.15, 0.2) is 0 Å². The van der Waals surface area contributed by atoms with Crippen LogP contribution in [0.15, 0.2) is 0 Å². The van der Waals surface area contributed by atoms with Gasteiger partial charge in [0.25, 0.3) is 0 Å². The molecule has 0 aromatic heterocycles. The molecule has 1 saturated heterocycles. The highest BCUT2D eigenvalue weighted by Crippen LogP contribution is 2.37. The highest BCUT2D eigenvalue weighted by atomic mass is 32.2. The number of piperazine rings is 1. The molecule has 0 amide bonds. The summed E-state index contributed by atoms with van der Waals surface area (Å²) < 4.78 is 0. The van der Waals surface area contributed by atoms with E-state index in [1.165, 1.54) is 63.9 Å². The predicted octanol–water partition coefficient (Wildman–Crippen LogP) is 3.13. The van der Waals surface area contributed by atoms with Crippen molar-refractivity contribution in [2.45, 2.75) is 63.5 Å². The van der Waals surface area contributed by atoms with Crippen LogP contribution in [0, 0.1) is 0 Å². The summed E-state index contributed by atoms with van der Waals surface area (Å²) >= 11 is 1.98. The molecule has 1 spiro atoms. The monoisotopic (exact) mass is 270 g/mol. The Balaban J connectivity index is 2.01. The summed E-state index contributed by atoms with van der Waals surface area (Å²) in [5.74, 6) is 1.31. The minimum Gasteiger partial charge on any atom is -0.309 e. The zero-order valence-corrected chi connectivity index (χ0v) is 13.2. The van der Waals surface area contributed by atoms with Crippen molar-refractivity contribution in [2.24, 2.45) is 0 Å². The lowest BCUT2D eigenvalue weighted by Crippen LogP contribution is -2.68. The lowest BCUT2D eigenvalue weighted by atomic mass is 9.77. The average molecular weight is 270 g/mol. The molecule has 2 fully saturated rings. The molecule has 1 aliphatic carbocycles. The molecular formula is C15H30N2S. The van der Waals surface area contributed by atoms with Crippen LogP contribution in [0.25, 0.3) is 0 Å². The van der Waals surface area contributed by atoms with E-state index in [1.807, 2.05) is 11.8 Å². The molecule has 18 heavy (non-hydrogen) atoms. The van der Waals surface area contributed by atoms with Gasteiger partial charge in [0.1, 0.15) is 0 Å². The van der Waals surface area contributed by atoms with Crippen molar-refractivity contribution >= 4 is 11.8 Å². The SMILES string of the molecule is CSCCCN1CC(C)(C)NCC12CCCCC2. The Bertz CT molecular complexity index is 259. The molecular weight excluding hydrogens is 240 g/mol. The van der Waals surface area contributed by atoms with E-state index in [1.54, 1.807) is 0 Å². The lowest BCUT2D eigenvalue weighted by molar-refractivity contribution is -0.00947. The summed E-state index contributed by atoms with van der Waals surface area (Å²) in [5.41, 5.74) is 0.786. The maximum Gasteiger partial charge on any atom is 0.0334 e. The maximum absolute atomic E-state index is 3.79. The van der Waals surface area contributed by atoms with Crippen LogP contribution in [0.3, 0.4) is 0 Å². The Morgan fingerprint density at radius 2 is 1.89 bits per heavy atom. The van der Waals surface area contributed by atoms with Crippen molar-refractivity contribution < 1.29 is 0 Å². The average Bonchev–Trinajstić information content (AvgIpc) is 2.36. The molecule has 2 aliphatic rings. The number of nitrogens with one attached hydrogen (secondary N) is 1. The van der Waals surface area contributed by atoms with Gasteiger partial charge in [0.05, 0.1) is 0 Å². The Labute approximate surface area is 117 Å². The standard InChI is InChI=1S/C15H30N2S/c1-14(2)13-17(10-7-11-18-3)15(12-16-14)8-5-4-6-9-15/h16H,4-13H2,1-3H3. The quantitative estimate of drug-likeness (QED) is 0.790. The Morgan fingerprint density at radius 3 is 2.56 bits per heavy atom. The van der Waals surface area contributed by atoms with Gasteiger partial charge in [-0.15, -0.1) is 0 Å². The first-order chi connectivity index (χ1) is 8.58. The topological polar surface area (TPSA) is 15.3 Å². The fourth-order valence-corrected chi connectivity index (χ4v) is 4.05. The van der Waals surface area contributed by atoms with Crippen molar-refractivity contribution in [3.63, 3.8) is 0 Å². The van der Waals surface area contributed by atoms with E-state index in [2.05, 4.69) is 30.3 Å². The highest BCUT2D eigenvalue weighted by Gasteiger charge is 2.43. The smallest absolute Gasteiger partial charge is 0.0334 e. The number of hydrogen-bond donors (Lipinski definition) is 1. The summed E-state index contributed by atoms with van der Waals surface area (Å²) in [6.07, 6.45) is 10.7. The second kappa shape index (κ2) is 6.15. The summed E-state index contributed by atoms with van der Waals surface area (Å²) in [6, 6.07) is 0. The molecule has 106 valence electrons. The van der Waals surface area contributed by atoms with Gasteiger partial charge in [-0.2, -0.15) is 11.8 Å². The van der Waals surface area contributed by atoms with Crippen molar-refractivity contribution in [1.82, 2.24) is 10.2 Å². The molecule has 0 atom stereocenters. The molecule has 0 bridgehead atoms. The number of rotatable bonds is 4. The van der Waals surface area contributed by atoms with Crippen LogP contribution in [0.4, 0.5) is 0 Å². The lowest BCUT2D eigenvalue weighted by Gasteiger charge is -2.54. The van der Waals surface area contributed by atoms with E-state index in [9.17, 15) is 0 Å². The van der Waals surface area contributed by atoms with Gasteiger partial charge in [-0.3, -0.25) is 4.90 Å². The van der Waals surface area contributed by atoms with Crippen LogP contribution in [-0.2, 0) is 0 Å². The van der Waals surface area contributed by atoms with Gasteiger partial charge >= 0.3 is 0 Å². The molecule has 2 rings (SSSR count). The highest BCUT2D eigenvalue weighted by molar-refractivity contribution is 7.98. The van der Waals surface area contributed by atoms with Gasteiger partial charge in [0.2, 0.25) is 0 Å². The van der Waals surface area contributed by atoms with Gasteiger partial charge in [-0.1, -0.05) is 19.3 Å². The molecule has 0 radical (unpaired) electrons. The fourth-order valence-electron chi connectivity index (χ4n) is 3.64. The van der Waals surface area contributed by atoms with E-state index in [4.69, 9.17) is 0 Å². The van der Waals surface area contributed by atoms with E-state index in [0.29, 0.717) is 11.1 Å². The van der Waals surface area contributed by atoms with Crippen LogP contribution < -0.4 is 5.32 Å². The molecule has 0 aromatic carbocycles. The second-order valence-electron chi connectivity index (χ2n) is 6.79. The van der Waals surface area contributed by atoms with Crippen molar-refractivity contribution in [1.29, 1.82) is 0 Å². The molecule has 1 aliphatic heterocycles. The molecule has 1 N–H and O–H groups in total. The third kappa shape index (κ3) is 3.43. The predicted molar refractivity (Wildman–Crippen MR) is 82.5 cm³/mol. The minimum absolute atomic E-state index is 0.294. The third-order valence-electron chi connectivity index (χ3n) is 4.71. The Morgan fingerprint density at radius 1 is 1.17 bits per heavy atom. The number of nitrogens with zero attached hydrogens (tertiary/aromatic N) is 1. The summed E-state index contributed by atoms with van der Waals surface area (Å²) in [7, 11) is 0. The normalized spacial score (nSPS) is 27.5. The van der Waals surface area contributed by atoms with Gasteiger partial charge < -0.3 is 5.32 Å². The van der Waals surface area contributed by atoms with Crippen molar-refractivity contribution in [2.75, 3.05) is 31.6 Å². The van der Waals surface area contributed by atoms with Crippen molar-refractivity contribution in [3.05, 3.63) is 0 Å². The fraction of sp³-hybridized carbons (Fsp3) is 1.00. The molecule has 2 nitrogen and oxygen atoms in total. The third-order valence-corrected chi connectivity index (χ3v) is 5.41. The first-order valence-electron chi connectivity index (χ1n) is 7.57. The van der Waals surface area contributed by atoms with Crippen LogP contribution in [0.1, 0.15) is 52.4 Å². The van der Waals surface area contributed by atoms with E-state index >= 15 is 0 Å². The maximum atomic E-state index is 3.79. The van der Waals surface area contributed by atoms with Crippen LogP contribution >= 0.6 is 11.8 Å². The zero-order valence-electron chi connectivity index (χ0n) is 12.4. The van der Waals surface area contributed by atoms with Crippen LogP contribution in [0.5, 0.6) is 0 Å². The summed E-state index contributed by atoms with van der Waals surface area (Å²) in [6.45, 7) is 8.43. The van der Waals surface area contributed by atoms with Gasteiger partial charge in [0, 0.05) is 24.2 Å². The number of hydrogen-bond acceptors (Lipinski definition) is 3. The van der Waals surface area contributed by atoms with Crippen LogP contribution in [0.2, 0.25) is 0 Å². The van der Waals surface area contributed by atoms with E-state index in [0.717, 1.165) is 0 Å². The summed E-state index contributed by atoms with van der Waals surface area (Å²) in [5, 5.41) is 3.79. The van der Waals surface area contributed by atoms with Gasteiger partial charge in [-0.25, -0.2) is 0 Å². The Kier molecular flexibility index (Phi) is 5.01. The first-order valence-corrected chi connectivity index (χ1v) is 8.96. The molecule has 0 unspecified atom stereocenters. The van der Waals surface area contributed by atoms with E-state index < -0.39 is 0 Å². The molecule has 1 heterocycles. The second-order valence-corrected chi connectivity index (χ2v) is 7.78. The molecule has 0 aromatic rings. The van der Waals surface area contributed by atoms with E-state index in [-0.39, 0.29) is 0 Å². The van der Waals surface area contributed by atoms with Crippen molar-refractivity contribution in [3.8, 4) is 0 Å². The number of thioether (sulfide) groups is 1. The summed E-state index contributed by atoms with van der Waals surface area (Å²) in [4.78, 5) is 2.83. The molecule has 1 saturated carbocycles. The largest absolute Gasteiger partial charge is 0.309 e. The minimum atomic E-state index is 0.294.